The van der Waals surface area contributed by atoms with Gasteiger partial charge in [-0.15, -0.1) is 0 Å². The first kappa shape index (κ1) is 17.4. The summed E-state index contributed by atoms with van der Waals surface area (Å²) in [6.45, 7) is 0.730. The highest BCUT2D eigenvalue weighted by Gasteiger charge is 2.34. The van der Waals surface area contributed by atoms with Crippen LogP contribution in [-0.2, 0) is 6.61 Å². The third-order valence-corrected chi connectivity index (χ3v) is 4.72. The first-order valence-electron chi connectivity index (χ1n) is 8.60. The van der Waals surface area contributed by atoms with E-state index in [4.69, 9.17) is 10.5 Å². The molecule has 25 heavy (non-hydrogen) atoms. The van der Waals surface area contributed by atoms with Crippen LogP contribution in [0.4, 0.5) is 4.39 Å². The van der Waals surface area contributed by atoms with Crippen LogP contribution < -0.4 is 15.8 Å². The minimum atomic E-state index is -0.339. The Morgan fingerprint density at radius 3 is 2.64 bits per heavy atom. The highest BCUT2D eigenvalue weighted by Crippen LogP contribution is 2.29. The van der Waals surface area contributed by atoms with Crippen molar-refractivity contribution in [2.75, 3.05) is 6.54 Å². The number of halogens is 1. The van der Waals surface area contributed by atoms with Gasteiger partial charge in [-0.05, 0) is 42.7 Å². The van der Waals surface area contributed by atoms with Crippen molar-refractivity contribution in [3.05, 3.63) is 65.5 Å². The van der Waals surface area contributed by atoms with E-state index in [1.807, 2.05) is 12.1 Å². The van der Waals surface area contributed by atoms with Crippen molar-refractivity contribution in [2.45, 2.75) is 37.8 Å². The van der Waals surface area contributed by atoms with Gasteiger partial charge in [0.25, 0.3) is 5.91 Å². The Bertz CT molecular complexity index is 742. The zero-order valence-corrected chi connectivity index (χ0v) is 14.1. The fourth-order valence-corrected chi connectivity index (χ4v) is 3.27. The summed E-state index contributed by atoms with van der Waals surface area (Å²) < 4.78 is 18.8. The number of carbonyl (C=O) groups is 1. The largest absolute Gasteiger partial charge is 0.489 e. The molecule has 0 heterocycles. The fourth-order valence-electron chi connectivity index (χ4n) is 3.27. The minimum absolute atomic E-state index is 0.111. The summed E-state index contributed by atoms with van der Waals surface area (Å²) >= 11 is 0. The van der Waals surface area contributed by atoms with Crippen molar-refractivity contribution >= 4 is 5.91 Å². The molecule has 0 aromatic heterocycles. The molecule has 1 fully saturated rings. The van der Waals surface area contributed by atoms with Crippen molar-refractivity contribution in [3.63, 3.8) is 0 Å². The molecule has 2 aromatic carbocycles. The molecule has 1 saturated carbocycles. The van der Waals surface area contributed by atoms with Gasteiger partial charge in [0.15, 0.2) is 0 Å². The van der Waals surface area contributed by atoms with Crippen molar-refractivity contribution in [2.24, 2.45) is 5.73 Å². The molecule has 4 nitrogen and oxygen atoms in total. The topological polar surface area (TPSA) is 64.3 Å². The van der Waals surface area contributed by atoms with E-state index >= 15 is 0 Å². The third kappa shape index (κ3) is 4.37. The Balaban J connectivity index is 1.65. The lowest BCUT2D eigenvalue weighted by Gasteiger charge is -2.28. The van der Waals surface area contributed by atoms with Gasteiger partial charge in [-0.2, -0.15) is 0 Å². The van der Waals surface area contributed by atoms with Crippen molar-refractivity contribution in [3.8, 4) is 5.75 Å². The van der Waals surface area contributed by atoms with E-state index in [2.05, 4.69) is 5.32 Å². The molecule has 1 aliphatic rings. The summed E-state index contributed by atoms with van der Waals surface area (Å²) in [5.74, 6) is 0.0112. The van der Waals surface area contributed by atoms with E-state index in [1.165, 1.54) is 12.1 Å². The Morgan fingerprint density at radius 2 is 1.92 bits per heavy atom. The second kappa shape index (κ2) is 7.66. The van der Waals surface area contributed by atoms with Crippen LogP contribution >= 0.6 is 0 Å². The van der Waals surface area contributed by atoms with Crippen LogP contribution in [0.15, 0.2) is 48.5 Å². The molecule has 0 bridgehead atoms. The van der Waals surface area contributed by atoms with E-state index in [0.717, 1.165) is 31.2 Å². The maximum absolute atomic E-state index is 13.2. The molecule has 0 aliphatic heterocycles. The maximum atomic E-state index is 13.2. The second-order valence-electron chi connectivity index (χ2n) is 6.59. The Labute approximate surface area is 147 Å². The van der Waals surface area contributed by atoms with Gasteiger partial charge >= 0.3 is 0 Å². The quantitative estimate of drug-likeness (QED) is 0.845. The summed E-state index contributed by atoms with van der Waals surface area (Å²) in [4.78, 5) is 12.6. The summed E-state index contributed by atoms with van der Waals surface area (Å²) in [5.41, 5.74) is 7.05. The van der Waals surface area contributed by atoms with E-state index in [-0.39, 0.29) is 23.9 Å². The number of amides is 1. The molecular formula is C20H23FN2O2. The molecule has 0 saturated heterocycles. The highest BCUT2D eigenvalue weighted by atomic mass is 19.1. The van der Waals surface area contributed by atoms with E-state index in [9.17, 15) is 9.18 Å². The van der Waals surface area contributed by atoms with Gasteiger partial charge in [0.1, 0.15) is 18.2 Å². The van der Waals surface area contributed by atoms with Gasteiger partial charge in [-0.25, -0.2) is 4.39 Å². The lowest BCUT2D eigenvalue weighted by Crippen LogP contribution is -2.51. The fraction of sp³-hybridized carbons (Fsp3) is 0.350. The van der Waals surface area contributed by atoms with Crippen LogP contribution in [0, 0.1) is 5.82 Å². The average Bonchev–Trinajstić information content (AvgIpc) is 3.09. The van der Waals surface area contributed by atoms with Crippen molar-refractivity contribution in [1.29, 1.82) is 0 Å². The Morgan fingerprint density at radius 1 is 1.16 bits per heavy atom. The number of nitrogens with one attached hydrogen (secondary N) is 1. The number of carbonyl (C=O) groups excluding carboxylic acids is 1. The Kier molecular flexibility index (Phi) is 5.34. The van der Waals surface area contributed by atoms with Gasteiger partial charge in [-0.3, -0.25) is 4.79 Å². The van der Waals surface area contributed by atoms with Crippen LogP contribution in [0.2, 0.25) is 0 Å². The summed E-state index contributed by atoms with van der Waals surface area (Å²) in [5, 5.41) is 3.11. The van der Waals surface area contributed by atoms with Gasteiger partial charge in [0.2, 0.25) is 0 Å². The third-order valence-electron chi connectivity index (χ3n) is 4.72. The van der Waals surface area contributed by atoms with Crippen LogP contribution in [0.5, 0.6) is 5.75 Å². The summed E-state index contributed by atoms with van der Waals surface area (Å²) in [6, 6.07) is 13.3. The summed E-state index contributed by atoms with van der Waals surface area (Å²) in [7, 11) is 0. The van der Waals surface area contributed by atoms with Crippen LogP contribution in [0.3, 0.4) is 0 Å². The molecule has 0 unspecified atom stereocenters. The van der Waals surface area contributed by atoms with Gasteiger partial charge < -0.3 is 15.8 Å². The van der Waals surface area contributed by atoms with E-state index < -0.39 is 0 Å². The maximum Gasteiger partial charge on any atom is 0.251 e. The lowest BCUT2D eigenvalue weighted by molar-refractivity contribution is 0.0903. The van der Waals surface area contributed by atoms with E-state index in [0.29, 0.717) is 17.9 Å². The molecular weight excluding hydrogens is 319 g/mol. The zero-order valence-electron chi connectivity index (χ0n) is 14.1. The molecule has 0 spiro atoms. The molecule has 0 atom stereocenters. The zero-order chi connectivity index (χ0) is 17.7. The molecule has 1 aliphatic carbocycles. The summed E-state index contributed by atoms with van der Waals surface area (Å²) in [6.07, 6.45) is 4.05. The first-order chi connectivity index (χ1) is 12.1. The molecule has 2 aromatic rings. The molecule has 5 heteroatoms. The normalized spacial score (nSPS) is 15.8. The van der Waals surface area contributed by atoms with E-state index in [1.54, 1.807) is 24.3 Å². The van der Waals surface area contributed by atoms with Crippen LogP contribution in [0.1, 0.15) is 41.6 Å². The highest BCUT2D eigenvalue weighted by molar-refractivity contribution is 5.94. The monoisotopic (exact) mass is 342 g/mol. The first-order valence-corrected chi connectivity index (χ1v) is 8.60. The molecule has 132 valence electrons. The SMILES string of the molecule is NCC1(NC(=O)c2cccc(COc3cccc(F)c3)c2)CCCC1. The number of rotatable bonds is 6. The molecule has 1 amide bonds. The van der Waals surface area contributed by atoms with Gasteiger partial charge in [0, 0.05) is 18.2 Å². The predicted molar refractivity (Wildman–Crippen MR) is 94.9 cm³/mol. The Hall–Kier alpha value is -2.40. The van der Waals surface area contributed by atoms with Gasteiger partial charge in [-0.1, -0.05) is 31.0 Å². The van der Waals surface area contributed by atoms with Crippen molar-refractivity contribution in [1.82, 2.24) is 5.32 Å². The molecule has 3 N–H and O–H groups in total. The van der Waals surface area contributed by atoms with Crippen LogP contribution in [0.25, 0.3) is 0 Å². The minimum Gasteiger partial charge on any atom is -0.489 e. The number of benzene rings is 2. The van der Waals surface area contributed by atoms with Crippen LogP contribution in [-0.4, -0.2) is 18.0 Å². The number of hydrogen-bond acceptors (Lipinski definition) is 3. The van der Waals surface area contributed by atoms with Gasteiger partial charge in [0.05, 0.1) is 5.54 Å². The predicted octanol–water partition coefficient (Wildman–Crippen LogP) is 3.41. The van der Waals surface area contributed by atoms with Crippen molar-refractivity contribution < 1.29 is 13.9 Å². The molecule has 0 radical (unpaired) electrons. The molecule has 3 rings (SSSR count). The number of ether oxygens (including phenoxy) is 1. The number of hydrogen-bond donors (Lipinski definition) is 2. The second-order valence-corrected chi connectivity index (χ2v) is 6.59. The number of nitrogens with two attached hydrogens (primary N) is 1. The lowest BCUT2D eigenvalue weighted by atomic mass is 9.97. The standard InChI is InChI=1S/C20H23FN2O2/c21-17-7-4-8-18(12-17)25-13-15-5-3-6-16(11-15)19(24)23-20(14-22)9-1-2-10-20/h3-8,11-12H,1-2,9-10,13-14,22H2,(H,23,24). The average molecular weight is 342 g/mol. The smallest absolute Gasteiger partial charge is 0.251 e.